The standard InChI is InChI=1S/C14H15Cl2NO/c1-2-14(17-9-11-4-3-7-18-11)12-6-5-10(15)8-13(12)16/h3-8,14,17H,2,9H2,1H3. The van der Waals surface area contributed by atoms with Crippen molar-refractivity contribution in [1.82, 2.24) is 5.32 Å². The van der Waals surface area contributed by atoms with Gasteiger partial charge in [-0.15, -0.1) is 0 Å². The van der Waals surface area contributed by atoms with Gasteiger partial charge in [0.1, 0.15) is 5.76 Å². The summed E-state index contributed by atoms with van der Waals surface area (Å²) in [6, 6.07) is 9.62. The Morgan fingerprint density at radius 1 is 1.28 bits per heavy atom. The van der Waals surface area contributed by atoms with E-state index in [4.69, 9.17) is 27.6 Å². The van der Waals surface area contributed by atoms with Crippen LogP contribution in [-0.2, 0) is 6.54 Å². The minimum atomic E-state index is 0.194. The smallest absolute Gasteiger partial charge is 0.117 e. The monoisotopic (exact) mass is 283 g/mol. The molecule has 1 atom stereocenters. The van der Waals surface area contributed by atoms with Crippen LogP contribution in [0.5, 0.6) is 0 Å². The number of benzene rings is 1. The number of furan rings is 1. The molecule has 0 amide bonds. The highest BCUT2D eigenvalue weighted by molar-refractivity contribution is 6.35. The van der Waals surface area contributed by atoms with Crippen LogP contribution in [0.2, 0.25) is 10.0 Å². The van der Waals surface area contributed by atoms with E-state index < -0.39 is 0 Å². The van der Waals surface area contributed by atoms with Crippen LogP contribution in [-0.4, -0.2) is 0 Å². The van der Waals surface area contributed by atoms with E-state index in [0.717, 1.165) is 17.7 Å². The van der Waals surface area contributed by atoms with Crippen LogP contribution in [0.1, 0.15) is 30.7 Å². The van der Waals surface area contributed by atoms with Gasteiger partial charge in [-0.1, -0.05) is 36.2 Å². The van der Waals surface area contributed by atoms with Gasteiger partial charge >= 0.3 is 0 Å². The van der Waals surface area contributed by atoms with Crippen molar-refractivity contribution in [3.8, 4) is 0 Å². The van der Waals surface area contributed by atoms with Gasteiger partial charge in [-0.2, -0.15) is 0 Å². The molecule has 96 valence electrons. The molecule has 0 radical (unpaired) electrons. The average molecular weight is 284 g/mol. The molecule has 0 fully saturated rings. The summed E-state index contributed by atoms with van der Waals surface area (Å²) in [6.45, 7) is 2.80. The van der Waals surface area contributed by atoms with E-state index in [1.165, 1.54) is 0 Å². The summed E-state index contributed by atoms with van der Waals surface area (Å²) in [5.74, 6) is 0.915. The zero-order chi connectivity index (χ0) is 13.0. The van der Waals surface area contributed by atoms with Gasteiger partial charge in [0.2, 0.25) is 0 Å². The molecule has 1 N–H and O–H groups in total. The number of hydrogen-bond acceptors (Lipinski definition) is 2. The fourth-order valence-electron chi connectivity index (χ4n) is 1.90. The minimum absolute atomic E-state index is 0.194. The Morgan fingerprint density at radius 2 is 2.11 bits per heavy atom. The van der Waals surface area contributed by atoms with E-state index in [1.807, 2.05) is 24.3 Å². The molecule has 1 unspecified atom stereocenters. The van der Waals surface area contributed by atoms with Crippen LogP contribution in [0.25, 0.3) is 0 Å². The van der Waals surface area contributed by atoms with Gasteiger partial charge in [-0.25, -0.2) is 0 Å². The number of nitrogens with one attached hydrogen (secondary N) is 1. The van der Waals surface area contributed by atoms with Gasteiger partial charge in [-0.05, 0) is 36.2 Å². The topological polar surface area (TPSA) is 25.2 Å². The second kappa shape index (κ2) is 6.28. The molecule has 0 spiro atoms. The van der Waals surface area contributed by atoms with Gasteiger partial charge in [-0.3, -0.25) is 0 Å². The number of rotatable bonds is 5. The summed E-state index contributed by atoms with van der Waals surface area (Å²) in [5.41, 5.74) is 1.06. The fraction of sp³-hybridized carbons (Fsp3) is 0.286. The van der Waals surface area contributed by atoms with Crippen molar-refractivity contribution >= 4 is 23.2 Å². The van der Waals surface area contributed by atoms with Crippen LogP contribution < -0.4 is 5.32 Å². The lowest BCUT2D eigenvalue weighted by Crippen LogP contribution is -2.20. The molecule has 4 heteroatoms. The molecule has 1 heterocycles. The zero-order valence-corrected chi connectivity index (χ0v) is 11.6. The predicted octanol–water partition coefficient (Wildman–Crippen LogP) is 4.83. The first-order valence-corrected chi connectivity index (χ1v) is 6.67. The zero-order valence-electron chi connectivity index (χ0n) is 10.1. The Bertz CT molecular complexity index is 497. The van der Waals surface area contributed by atoms with Crippen molar-refractivity contribution in [2.45, 2.75) is 25.9 Å². The molecule has 0 aliphatic heterocycles. The Kier molecular flexibility index (Phi) is 4.70. The normalized spacial score (nSPS) is 12.6. The lowest BCUT2D eigenvalue weighted by atomic mass is 10.0. The van der Waals surface area contributed by atoms with Crippen LogP contribution in [0.15, 0.2) is 41.0 Å². The third-order valence-corrected chi connectivity index (χ3v) is 3.41. The summed E-state index contributed by atoms with van der Waals surface area (Å²) in [7, 11) is 0. The molecule has 0 bridgehead atoms. The second-order valence-corrected chi connectivity index (χ2v) is 4.93. The third kappa shape index (κ3) is 3.29. The Morgan fingerprint density at radius 3 is 2.72 bits per heavy atom. The van der Waals surface area contributed by atoms with Crippen molar-refractivity contribution in [2.24, 2.45) is 0 Å². The first-order chi connectivity index (χ1) is 8.70. The molecule has 18 heavy (non-hydrogen) atoms. The minimum Gasteiger partial charge on any atom is -0.468 e. The van der Waals surface area contributed by atoms with Crippen LogP contribution in [0.3, 0.4) is 0 Å². The van der Waals surface area contributed by atoms with E-state index in [2.05, 4.69) is 12.2 Å². The highest BCUT2D eigenvalue weighted by Gasteiger charge is 2.13. The number of hydrogen-bond donors (Lipinski definition) is 1. The quantitative estimate of drug-likeness (QED) is 0.850. The van der Waals surface area contributed by atoms with Crippen LogP contribution in [0, 0.1) is 0 Å². The molecule has 1 aromatic carbocycles. The van der Waals surface area contributed by atoms with Crippen molar-refractivity contribution in [1.29, 1.82) is 0 Å². The van der Waals surface area contributed by atoms with Gasteiger partial charge in [0.15, 0.2) is 0 Å². The molecule has 2 nitrogen and oxygen atoms in total. The molecular formula is C14H15Cl2NO. The third-order valence-electron chi connectivity index (χ3n) is 2.85. The largest absolute Gasteiger partial charge is 0.468 e. The van der Waals surface area contributed by atoms with E-state index in [1.54, 1.807) is 12.3 Å². The van der Waals surface area contributed by atoms with Crippen LogP contribution >= 0.6 is 23.2 Å². The van der Waals surface area contributed by atoms with E-state index in [9.17, 15) is 0 Å². The first kappa shape index (κ1) is 13.5. The van der Waals surface area contributed by atoms with Crippen molar-refractivity contribution in [3.63, 3.8) is 0 Å². The Hall–Kier alpha value is -0.960. The van der Waals surface area contributed by atoms with Crippen molar-refractivity contribution in [2.75, 3.05) is 0 Å². The van der Waals surface area contributed by atoms with E-state index >= 15 is 0 Å². The maximum Gasteiger partial charge on any atom is 0.117 e. The average Bonchev–Trinajstić information content (AvgIpc) is 2.85. The fourth-order valence-corrected chi connectivity index (χ4v) is 2.44. The first-order valence-electron chi connectivity index (χ1n) is 5.91. The molecular weight excluding hydrogens is 269 g/mol. The van der Waals surface area contributed by atoms with E-state index in [0.29, 0.717) is 16.6 Å². The molecule has 0 saturated carbocycles. The summed E-state index contributed by atoms with van der Waals surface area (Å²) >= 11 is 12.1. The van der Waals surface area contributed by atoms with Gasteiger partial charge in [0, 0.05) is 16.1 Å². The molecule has 0 aliphatic rings. The molecule has 1 aromatic heterocycles. The van der Waals surface area contributed by atoms with E-state index in [-0.39, 0.29) is 6.04 Å². The SMILES string of the molecule is CCC(NCc1ccco1)c1ccc(Cl)cc1Cl. The lowest BCUT2D eigenvalue weighted by Gasteiger charge is -2.18. The van der Waals surface area contributed by atoms with Crippen LogP contribution in [0.4, 0.5) is 0 Å². The predicted molar refractivity (Wildman–Crippen MR) is 75.0 cm³/mol. The van der Waals surface area contributed by atoms with Gasteiger partial charge in [0.05, 0.1) is 12.8 Å². The maximum atomic E-state index is 6.22. The van der Waals surface area contributed by atoms with Crippen molar-refractivity contribution < 1.29 is 4.42 Å². The molecule has 2 aromatic rings. The summed E-state index contributed by atoms with van der Waals surface area (Å²) in [4.78, 5) is 0. The molecule has 0 aliphatic carbocycles. The highest BCUT2D eigenvalue weighted by Crippen LogP contribution is 2.28. The summed E-state index contributed by atoms with van der Waals surface area (Å²) in [6.07, 6.45) is 2.62. The summed E-state index contributed by atoms with van der Waals surface area (Å²) in [5, 5.41) is 4.78. The van der Waals surface area contributed by atoms with Crippen molar-refractivity contribution in [3.05, 3.63) is 58.0 Å². The second-order valence-electron chi connectivity index (χ2n) is 4.09. The molecule has 0 saturated heterocycles. The highest BCUT2D eigenvalue weighted by atomic mass is 35.5. The number of halogens is 2. The van der Waals surface area contributed by atoms with Gasteiger partial charge < -0.3 is 9.73 Å². The Labute approximate surface area is 117 Å². The molecule has 2 rings (SSSR count). The lowest BCUT2D eigenvalue weighted by molar-refractivity contribution is 0.443. The van der Waals surface area contributed by atoms with Gasteiger partial charge in [0.25, 0.3) is 0 Å². The Balaban J connectivity index is 2.08. The summed E-state index contributed by atoms with van der Waals surface area (Å²) < 4.78 is 5.30. The maximum absolute atomic E-state index is 6.22.